The maximum Gasteiger partial charge on any atom is 0.255 e. The van der Waals surface area contributed by atoms with Gasteiger partial charge >= 0.3 is 0 Å². The lowest BCUT2D eigenvalue weighted by Crippen LogP contribution is -2.15. The van der Waals surface area contributed by atoms with Gasteiger partial charge in [0, 0.05) is 23.2 Å². The number of nitrogens with zero attached hydrogens (tertiary/aromatic N) is 4. The third-order valence-corrected chi connectivity index (χ3v) is 2.42. The Morgan fingerprint density at radius 3 is 2.83 bits per heavy atom. The molecule has 0 aliphatic rings. The van der Waals surface area contributed by atoms with Crippen LogP contribution in [0.1, 0.15) is 0 Å². The van der Waals surface area contributed by atoms with Crippen LogP contribution in [0.15, 0.2) is 52.5 Å². The molecule has 0 radical (unpaired) electrons. The molecule has 2 rings (SSSR count). The van der Waals surface area contributed by atoms with Crippen LogP contribution in [0.5, 0.6) is 5.75 Å². The average Bonchev–Trinajstić information content (AvgIpc) is 2.40. The lowest BCUT2D eigenvalue weighted by atomic mass is 10.2. The van der Waals surface area contributed by atoms with Crippen molar-refractivity contribution in [2.75, 3.05) is 7.11 Å². The van der Waals surface area contributed by atoms with E-state index in [2.05, 4.69) is 10.0 Å². The third-order valence-electron chi connectivity index (χ3n) is 2.42. The number of pyridine rings is 1. The van der Waals surface area contributed by atoms with E-state index >= 15 is 0 Å². The Bertz CT molecular complexity index is 672. The quantitative estimate of drug-likeness (QED) is 0.471. The molecule has 0 saturated carbocycles. The van der Waals surface area contributed by atoms with Crippen LogP contribution in [0.3, 0.4) is 0 Å². The summed E-state index contributed by atoms with van der Waals surface area (Å²) in [6, 6.07) is 9.83. The van der Waals surface area contributed by atoms with Gasteiger partial charge in [-0.15, -0.1) is 0 Å². The summed E-state index contributed by atoms with van der Waals surface area (Å²) in [5.41, 5.74) is 9.30. The predicted octanol–water partition coefficient (Wildman–Crippen LogP) is 2.79. The van der Waals surface area contributed by atoms with Gasteiger partial charge in [-0.25, -0.2) is 0 Å². The van der Waals surface area contributed by atoms with Gasteiger partial charge in [0.1, 0.15) is 5.75 Å². The molecule has 0 fully saturated rings. The summed E-state index contributed by atoms with van der Waals surface area (Å²) in [4.78, 5) is 14.4. The lowest BCUT2D eigenvalue weighted by molar-refractivity contribution is 0.416. The van der Waals surface area contributed by atoms with Gasteiger partial charge in [0.15, 0.2) is 0 Å². The first-order valence-electron chi connectivity index (χ1n) is 5.17. The highest BCUT2D eigenvalue weighted by atomic mass is 16.5. The normalized spacial score (nSPS) is 9.61. The van der Waals surface area contributed by atoms with E-state index in [1.54, 1.807) is 36.5 Å². The summed E-state index contributed by atoms with van der Waals surface area (Å²) in [5, 5.41) is 3.50. The summed E-state index contributed by atoms with van der Waals surface area (Å²) >= 11 is 0. The molecule has 1 aromatic carbocycles. The second-order valence-electron chi connectivity index (χ2n) is 3.45. The van der Waals surface area contributed by atoms with Gasteiger partial charge in [0.25, 0.3) is 5.56 Å². The fraction of sp³-hybridized carbons (Fsp3) is 0.0833. The van der Waals surface area contributed by atoms with Crippen molar-refractivity contribution in [1.82, 2.24) is 4.57 Å². The van der Waals surface area contributed by atoms with Gasteiger partial charge in [-0.3, -0.25) is 9.36 Å². The standard InChI is InChI=1S/C12H10N4O2/c1-18-11-8-9(5-6-10(11)14-15-13)16-7-3-2-4-12(16)17/h2-8H,1H3. The number of ether oxygens (including phenoxy) is 1. The molecular formula is C12H10N4O2. The summed E-state index contributed by atoms with van der Waals surface area (Å²) in [5.74, 6) is 0.418. The first-order chi connectivity index (χ1) is 8.76. The maximum absolute atomic E-state index is 11.7. The molecule has 0 amide bonds. The minimum absolute atomic E-state index is 0.143. The number of methoxy groups -OCH3 is 1. The second kappa shape index (κ2) is 5.07. The van der Waals surface area contributed by atoms with Gasteiger partial charge in [-0.05, 0) is 23.7 Å². The molecule has 18 heavy (non-hydrogen) atoms. The van der Waals surface area contributed by atoms with Crippen LogP contribution in [-0.2, 0) is 0 Å². The fourth-order valence-electron chi connectivity index (χ4n) is 1.59. The summed E-state index contributed by atoms with van der Waals surface area (Å²) in [7, 11) is 1.48. The smallest absolute Gasteiger partial charge is 0.255 e. The maximum atomic E-state index is 11.7. The van der Waals surface area contributed by atoms with Crippen molar-refractivity contribution in [3.63, 3.8) is 0 Å². The zero-order valence-electron chi connectivity index (χ0n) is 9.65. The molecule has 0 atom stereocenters. The van der Waals surface area contributed by atoms with Gasteiger partial charge in [-0.1, -0.05) is 11.2 Å². The molecule has 1 heterocycles. The highest BCUT2D eigenvalue weighted by molar-refractivity contribution is 5.56. The van der Waals surface area contributed by atoms with Gasteiger partial charge in [-0.2, -0.15) is 0 Å². The highest BCUT2D eigenvalue weighted by Crippen LogP contribution is 2.29. The number of rotatable bonds is 3. The Kier molecular flexibility index (Phi) is 3.31. The summed E-state index contributed by atoms with van der Waals surface area (Å²) in [6.45, 7) is 0. The Morgan fingerprint density at radius 2 is 2.17 bits per heavy atom. The van der Waals surface area contributed by atoms with E-state index in [1.807, 2.05) is 0 Å². The first-order valence-corrected chi connectivity index (χ1v) is 5.17. The largest absolute Gasteiger partial charge is 0.496 e. The van der Waals surface area contributed by atoms with E-state index < -0.39 is 0 Å². The van der Waals surface area contributed by atoms with Gasteiger partial charge in [0.2, 0.25) is 0 Å². The van der Waals surface area contributed by atoms with Crippen LogP contribution in [-0.4, -0.2) is 11.7 Å². The van der Waals surface area contributed by atoms with Crippen molar-refractivity contribution in [3.05, 3.63) is 63.4 Å². The van der Waals surface area contributed by atoms with Crippen molar-refractivity contribution in [2.45, 2.75) is 0 Å². The Balaban J connectivity index is 2.58. The molecule has 1 aromatic heterocycles. The Hall–Kier alpha value is -2.72. The lowest BCUT2D eigenvalue weighted by Gasteiger charge is -2.09. The monoisotopic (exact) mass is 242 g/mol. The molecule has 0 bridgehead atoms. The van der Waals surface area contributed by atoms with Crippen molar-refractivity contribution in [3.8, 4) is 11.4 Å². The second-order valence-corrected chi connectivity index (χ2v) is 3.45. The number of benzene rings is 1. The van der Waals surface area contributed by atoms with E-state index in [0.717, 1.165) is 0 Å². The molecule has 0 N–H and O–H groups in total. The molecular weight excluding hydrogens is 232 g/mol. The highest BCUT2D eigenvalue weighted by Gasteiger charge is 2.04. The van der Waals surface area contributed by atoms with Crippen molar-refractivity contribution < 1.29 is 4.74 Å². The summed E-state index contributed by atoms with van der Waals surface area (Å²) < 4.78 is 6.59. The van der Waals surface area contributed by atoms with Crippen LogP contribution >= 0.6 is 0 Å². The van der Waals surface area contributed by atoms with Crippen molar-refractivity contribution >= 4 is 5.69 Å². The molecule has 0 spiro atoms. The minimum Gasteiger partial charge on any atom is -0.496 e. The van der Waals surface area contributed by atoms with Crippen molar-refractivity contribution in [1.29, 1.82) is 0 Å². The van der Waals surface area contributed by atoms with Gasteiger partial charge < -0.3 is 4.74 Å². The number of hydrogen-bond donors (Lipinski definition) is 0. The molecule has 2 aromatic rings. The predicted molar refractivity (Wildman–Crippen MR) is 67.4 cm³/mol. The zero-order valence-corrected chi connectivity index (χ0v) is 9.65. The molecule has 0 aliphatic carbocycles. The van der Waals surface area contributed by atoms with E-state index in [4.69, 9.17) is 10.3 Å². The first kappa shape index (κ1) is 11.8. The molecule has 0 aliphatic heterocycles. The van der Waals surface area contributed by atoms with E-state index in [9.17, 15) is 4.79 Å². The molecule has 0 saturated heterocycles. The number of aromatic nitrogens is 1. The minimum atomic E-state index is -0.143. The van der Waals surface area contributed by atoms with Crippen LogP contribution < -0.4 is 10.3 Å². The van der Waals surface area contributed by atoms with Crippen molar-refractivity contribution in [2.24, 2.45) is 5.11 Å². The van der Waals surface area contributed by atoms with Crippen LogP contribution in [0.4, 0.5) is 5.69 Å². The third kappa shape index (κ3) is 2.18. The Labute approximate surface area is 103 Å². The Morgan fingerprint density at radius 1 is 1.33 bits per heavy atom. The van der Waals surface area contributed by atoms with E-state index in [1.165, 1.54) is 17.7 Å². The fourth-order valence-corrected chi connectivity index (χ4v) is 1.59. The molecule has 90 valence electrons. The van der Waals surface area contributed by atoms with Crippen LogP contribution in [0.25, 0.3) is 16.1 Å². The number of azide groups is 1. The van der Waals surface area contributed by atoms with Crippen LogP contribution in [0, 0.1) is 0 Å². The molecule has 0 unspecified atom stereocenters. The molecule has 6 heteroatoms. The zero-order chi connectivity index (χ0) is 13.0. The van der Waals surface area contributed by atoms with Gasteiger partial charge in [0.05, 0.1) is 18.5 Å². The summed E-state index contributed by atoms with van der Waals surface area (Å²) in [6.07, 6.45) is 1.66. The van der Waals surface area contributed by atoms with Crippen LogP contribution in [0.2, 0.25) is 0 Å². The molecule has 6 nitrogen and oxygen atoms in total. The average molecular weight is 242 g/mol. The number of hydrogen-bond acceptors (Lipinski definition) is 3. The van der Waals surface area contributed by atoms with E-state index in [0.29, 0.717) is 17.1 Å². The topological polar surface area (TPSA) is 80.0 Å². The van der Waals surface area contributed by atoms with E-state index in [-0.39, 0.29) is 5.56 Å². The SMILES string of the molecule is COc1cc(-n2ccccc2=O)ccc1N=[N+]=[N-].